The summed E-state index contributed by atoms with van der Waals surface area (Å²) < 4.78 is 5.81. The molecule has 0 spiro atoms. The molecule has 1 saturated heterocycles. The molecule has 2 aromatic heterocycles. The quantitative estimate of drug-likeness (QED) is 0.814. The van der Waals surface area contributed by atoms with Gasteiger partial charge in [-0.05, 0) is 41.3 Å². The lowest BCUT2D eigenvalue weighted by molar-refractivity contribution is 0.0683. The van der Waals surface area contributed by atoms with Gasteiger partial charge in [-0.15, -0.1) is 11.3 Å². The van der Waals surface area contributed by atoms with Crippen molar-refractivity contribution in [3.63, 3.8) is 0 Å². The summed E-state index contributed by atoms with van der Waals surface area (Å²) in [5.74, 6) is 5.68. The molecular weight excluding hydrogens is 326 g/mol. The summed E-state index contributed by atoms with van der Waals surface area (Å²) in [4.78, 5) is 3.77. The first-order valence-corrected chi connectivity index (χ1v) is 9.68. The summed E-state index contributed by atoms with van der Waals surface area (Å²) >= 11 is 3.48. The van der Waals surface area contributed by atoms with Crippen LogP contribution >= 0.6 is 22.7 Å². The van der Waals surface area contributed by atoms with E-state index >= 15 is 0 Å². The van der Waals surface area contributed by atoms with Gasteiger partial charge in [0.25, 0.3) is 0 Å². The van der Waals surface area contributed by atoms with E-state index < -0.39 is 0 Å². The highest BCUT2D eigenvalue weighted by Gasteiger charge is 2.20. The SMILES string of the molecule is OCC#Cc1csc(CN(Cc2ccsc2)CC2CCCO2)c1. The van der Waals surface area contributed by atoms with Crippen LogP contribution in [-0.4, -0.2) is 35.9 Å². The molecule has 0 bridgehead atoms. The zero-order chi connectivity index (χ0) is 15.9. The third-order valence-corrected chi connectivity index (χ3v) is 5.47. The predicted octanol–water partition coefficient (Wildman–Crippen LogP) is 3.33. The average Bonchev–Trinajstić information content (AvgIpc) is 3.28. The Balaban J connectivity index is 1.65. The number of aliphatic hydroxyl groups excluding tert-OH is 1. The third kappa shape index (κ3) is 5.17. The van der Waals surface area contributed by atoms with Crippen LogP contribution in [0.3, 0.4) is 0 Å². The van der Waals surface area contributed by atoms with E-state index in [-0.39, 0.29) is 6.61 Å². The van der Waals surface area contributed by atoms with Crippen molar-refractivity contribution in [2.45, 2.75) is 32.0 Å². The van der Waals surface area contributed by atoms with Crippen LogP contribution in [0.4, 0.5) is 0 Å². The predicted molar refractivity (Wildman–Crippen MR) is 95.7 cm³/mol. The van der Waals surface area contributed by atoms with Gasteiger partial charge >= 0.3 is 0 Å². The third-order valence-electron chi connectivity index (χ3n) is 3.82. The fourth-order valence-corrected chi connectivity index (χ4v) is 4.31. The monoisotopic (exact) mass is 347 g/mol. The van der Waals surface area contributed by atoms with Crippen LogP contribution in [0.2, 0.25) is 0 Å². The number of aliphatic hydroxyl groups is 1. The van der Waals surface area contributed by atoms with Gasteiger partial charge in [-0.2, -0.15) is 11.3 Å². The molecule has 1 atom stereocenters. The van der Waals surface area contributed by atoms with E-state index in [1.54, 1.807) is 22.7 Å². The standard InChI is InChI=1S/C18H21NO2S2/c20-6-1-3-15-9-18(23-14-15)12-19(10-16-5-8-22-13-16)11-17-4-2-7-21-17/h5,8-9,13-14,17,20H,2,4,6-7,10-12H2. The largest absolute Gasteiger partial charge is 0.384 e. The van der Waals surface area contributed by atoms with Gasteiger partial charge in [0.05, 0.1) is 6.10 Å². The summed E-state index contributed by atoms with van der Waals surface area (Å²) in [6.45, 7) is 3.66. The molecule has 1 aliphatic rings. The number of ether oxygens (including phenoxy) is 1. The van der Waals surface area contributed by atoms with E-state index in [4.69, 9.17) is 9.84 Å². The second-order valence-corrected chi connectivity index (χ2v) is 7.47. The Morgan fingerprint density at radius 1 is 1.35 bits per heavy atom. The molecule has 0 saturated carbocycles. The highest BCUT2D eigenvalue weighted by atomic mass is 32.1. The van der Waals surface area contributed by atoms with E-state index in [1.807, 2.05) is 0 Å². The van der Waals surface area contributed by atoms with Crippen molar-refractivity contribution in [1.29, 1.82) is 0 Å². The van der Waals surface area contributed by atoms with Crippen LogP contribution in [0.1, 0.15) is 28.8 Å². The van der Waals surface area contributed by atoms with Gasteiger partial charge in [0.2, 0.25) is 0 Å². The molecule has 1 aliphatic heterocycles. The van der Waals surface area contributed by atoms with Crippen molar-refractivity contribution in [1.82, 2.24) is 4.90 Å². The molecule has 0 amide bonds. The van der Waals surface area contributed by atoms with Crippen molar-refractivity contribution in [2.75, 3.05) is 19.8 Å². The van der Waals surface area contributed by atoms with Gasteiger partial charge in [-0.1, -0.05) is 11.8 Å². The molecule has 3 nitrogen and oxygen atoms in total. The topological polar surface area (TPSA) is 32.7 Å². The zero-order valence-corrected chi connectivity index (χ0v) is 14.7. The lowest BCUT2D eigenvalue weighted by atomic mass is 10.2. The first-order valence-electron chi connectivity index (χ1n) is 7.85. The van der Waals surface area contributed by atoms with Crippen LogP contribution < -0.4 is 0 Å². The van der Waals surface area contributed by atoms with Gasteiger partial charge in [-0.25, -0.2) is 0 Å². The summed E-state index contributed by atoms with van der Waals surface area (Å²) in [5, 5.41) is 15.2. The minimum absolute atomic E-state index is 0.0888. The van der Waals surface area contributed by atoms with E-state index in [9.17, 15) is 0 Å². The Hall–Kier alpha value is -1.16. The lowest BCUT2D eigenvalue weighted by Gasteiger charge is -2.24. The molecule has 5 heteroatoms. The molecule has 3 rings (SSSR count). The lowest BCUT2D eigenvalue weighted by Crippen LogP contribution is -2.31. The highest BCUT2D eigenvalue weighted by molar-refractivity contribution is 7.10. The van der Waals surface area contributed by atoms with Crippen LogP contribution in [0.5, 0.6) is 0 Å². The van der Waals surface area contributed by atoms with Gasteiger partial charge in [-0.3, -0.25) is 4.90 Å². The Labute approximate surface area is 145 Å². The Bertz CT molecular complexity index is 648. The minimum Gasteiger partial charge on any atom is -0.384 e. The van der Waals surface area contributed by atoms with Crippen LogP contribution in [0.15, 0.2) is 28.3 Å². The molecule has 0 radical (unpaired) electrons. The van der Waals surface area contributed by atoms with E-state index in [1.165, 1.54) is 16.9 Å². The molecule has 1 fully saturated rings. The number of nitrogens with zero attached hydrogens (tertiary/aromatic N) is 1. The number of rotatable bonds is 6. The molecular formula is C18H21NO2S2. The van der Waals surface area contributed by atoms with Gasteiger partial charge in [0.15, 0.2) is 0 Å². The fraction of sp³-hybridized carbons (Fsp3) is 0.444. The maximum Gasteiger partial charge on any atom is 0.104 e. The van der Waals surface area contributed by atoms with Crippen molar-refractivity contribution >= 4 is 22.7 Å². The van der Waals surface area contributed by atoms with Gasteiger partial charge in [0, 0.05) is 42.1 Å². The van der Waals surface area contributed by atoms with E-state index in [0.717, 1.165) is 38.2 Å². The van der Waals surface area contributed by atoms with Crippen molar-refractivity contribution < 1.29 is 9.84 Å². The number of thiophene rings is 2. The maximum absolute atomic E-state index is 8.79. The first kappa shape index (κ1) is 16.7. The van der Waals surface area contributed by atoms with Crippen molar-refractivity contribution in [3.8, 4) is 11.8 Å². The molecule has 2 aromatic rings. The van der Waals surface area contributed by atoms with Gasteiger partial charge < -0.3 is 9.84 Å². The number of hydrogen-bond donors (Lipinski definition) is 1. The Morgan fingerprint density at radius 3 is 3.04 bits per heavy atom. The van der Waals surface area contributed by atoms with Crippen LogP contribution in [0, 0.1) is 11.8 Å². The first-order chi connectivity index (χ1) is 11.3. The molecule has 23 heavy (non-hydrogen) atoms. The summed E-state index contributed by atoms with van der Waals surface area (Å²) in [7, 11) is 0. The zero-order valence-electron chi connectivity index (χ0n) is 13.0. The maximum atomic E-state index is 8.79. The molecule has 0 aromatic carbocycles. The minimum atomic E-state index is -0.0888. The van der Waals surface area contributed by atoms with Gasteiger partial charge in [0.1, 0.15) is 6.61 Å². The number of hydrogen-bond acceptors (Lipinski definition) is 5. The smallest absolute Gasteiger partial charge is 0.104 e. The fourth-order valence-electron chi connectivity index (χ4n) is 2.79. The summed E-state index contributed by atoms with van der Waals surface area (Å²) in [6.07, 6.45) is 2.71. The molecule has 122 valence electrons. The second kappa shape index (κ2) is 8.62. The van der Waals surface area contributed by atoms with Crippen LogP contribution in [-0.2, 0) is 17.8 Å². The molecule has 1 N–H and O–H groups in total. The summed E-state index contributed by atoms with van der Waals surface area (Å²) in [6, 6.07) is 4.32. The molecule has 1 unspecified atom stereocenters. The van der Waals surface area contributed by atoms with Crippen molar-refractivity contribution in [2.24, 2.45) is 0 Å². The summed E-state index contributed by atoms with van der Waals surface area (Å²) in [5.41, 5.74) is 2.36. The Kier molecular flexibility index (Phi) is 6.26. The Morgan fingerprint density at radius 2 is 2.30 bits per heavy atom. The average molecular weight is 348 g/mol. The second-order valence-electron chi connectivity index (χ2n) is 5.70. The van der Waals surface area contributed by atoms with E-state index in [2.05, 4.69) is 45.0 Å². The normalized spacial score (nSPS) is 17.4. The molecule has 3 heterocycles. The van der Waals surface area contributed by atoms with E-state index in [0.29, 0.717) is 6.10 Å². The molecule has 0 aliphatic carbocycles. The van der Waals surface area contributed by atoms with Crippen molar-refractivity contribution in [3.05, 3.63) is 44.3 Å². The highest BCUT2D eigenvalue weighted by Crippen LogP contribution is 2.21. The van der Waals surface area contributed by atoms with Crippen LogP contribution in [0.25, 0.3) is 0 Å².